The number of hydrogen-bond acceptors (Lipinski definition) is 4. The van der Waals surface area contributed by atoms with Crippen LogP contribution in [0.2, 0.25) is 0 Å². The van der Waals surface area contributed by atoms with Crippen molar-refractivity contribution in [1.82, 2.24) is 4.90 Å². The number of hydrogen-bond donors (Lipinski definition) is 2. The molecule has 2 N–H and O–H groups in total. The van der Waals surface area contributed by atoms with Crippen molar-refractivity contribution in [1.29, 1.82) is 0 Å². The number of carboxylic acid groups (broad SMARTS) is 2. The number of ether oxygens (including phenoxy) is 1. The Bertz CT molecular complexity index is 443. The third-order valence-corrected chi connectivity index (χ3v) is 2.88. The van der Waals surface area contributed by atoms with Crippen LogP contribution in [0.15, 0.2) is 24.3 Å². The van der Waals surface area contributed by atoms with Gasteiger partial charge < -0.3 is 14.9 Å². The highest BCUT2D eigenvalue weighted by Crippen LogP contribution is 2.12. The fourth-order valence-electron chi connectivity index (χ4n) is 1.79. The quantitative estimate of drug-likeness (QED) is 0.705. The molecular formula is C14H19NO5. The first-order valence-corrected chi connectivity index (χ1v) is 6.30. The van der Waals surface area contributed by atoms with E-state index in [1.807, 2.05) is 24.3 Å². The van der Waals surface area contributed by atoms with Gasteiger partial charge in [-0.05, 0) is 24.1 Å². The zero-order valence-corrected chi connectivity index (χ0v) is 11.4. The van der Waals surface area contributed by atoms with Crippen molar-refractivity contribution in [2.45, 2.75) is 12.8 Å². The topological polar surface area (TPSA) is 87.1 Å². The first kappa shape index (κ1) is 16.0. The van der Waals surface area contributed by atoms with E-state index < -0.39 is 11.9 Å². The standard InChI is InChI=1S/C14H19NO5/c1-20-12-4-2-11(3-5-12)6-8-15(10-14(18)19)9-7-13(16)17/h2-5H,6-10H2,1H3,(H,16,17)(H,18,19). The molecular weight excluding hydrogens is 262 g/mol. The van der Waals surface area contributed by atoms with Crippen LogP contribution < -0.4 is 4.74 Å². The molecule has 110 valence electrons. The number of carboxylic acids is 2. The molecule has 0 aliphatic heterocycles. The van der Waals surface area contributed by atoms with Crippen LogP contribution in [-0.4, -0.2) is 53.8 Å². The number of rotatable bonds is 9. The fraction of sp³-hybridized carbons (Fsp3) is 0.429. The van der Waals surface area contributed by atoms with Crippen LogP contribution in [-0.2, 0) is 16.0 Å². The normalized spacial score (nSPS) is 10.5. The molecule has 0 spiro atoms. The van der Waals surface area contributed by atoms with Gasteiger partial charge in [-0.25, -0.2) is 0 Å². The van der Waals surface area contributed by atoms with Crippen LogP contribution in [0.1, 0.15) is 12.0 Å². The molecule has 0 saturated heterocycles. The molecule has 20 heavy (non-hydrogen) atoms. The largest absolute Gasteiger partial charge is 0.497 e. The minimum Gasteiger partial charge on any atom is -0.497 e. The third kappa shape index (κ3) is 6.19. The summed E-state index contributed by atoms with van der Waals surface area (Å²) in [7, 11) is 1.59. The van der Waals surface area contributed by atoms with Crippen LogP contribution in [0.25, 0.3) is 0 Å². The average Bonchev–Trinajstić information content (AvgIpc) is 2.42. The van der Waals surface area contributed by atoms with Crippen molar-refractivity contribution in [3.8, 4) is 5.75 Å². The zero-order valence-electron chi connectivity index (χ0n) is 11.4. The Balaban J connectivity index is 2.50. The Kier molecular flexibility index (Phi) is 6.52. The van der Waals surface area contributed by atoms with E-state index in [9.17, 15) is 9.59 Å². The molecule has 0 bridgehead atoms. The maximum Gasteiger partial charge on any atom is 0.317 e. The minimum atomic E-state index is -0.954. The zero-order chi connectivity index (χ0) is 15.0. The van der Waals surface area contributed by atoms with Crippen molar-refractivity contribution in [3.63, 3.8) is 0 Å². The second-order valence-electron chi connectivity index (χ2n) is 4.41. The van der Waals surface area contributed by atoms with Gasteiger partial charge in [-0.1, -0.05) is 12.1 Å². The van der Waals surface area contributed by atoms with Gasteiger partial charge in [-0.3, -0.25) is 14.5 Å². The molecule has 0 aliphatic rings. The molecule has 1 rings (SSSR count). The van der Waals surface area contributed by atoms with Crippen LogP contribution in [0.5, 0.6) is 5.75 Å². The SMILES string of the molecule is COc1ccc(CCN(CCC(=O)O)CC(=O)O)cc1. The second-order valence-corrected chi connectivity index (χ2v) is 4.41. The lowest BCUT2D eigenvalue weighted by Crippen LogP contribution is -2.33. The Hall–Kier alpha value is -2.08. The first-order chi connectivity index (χ1) is 9.51. The molecule has 0 aliphatic carbocycles. The van der Waals surface area contributed by atoms with Gasteiger partial charge in [-0.2, -0.15) is 0 Å². The molecule has 0 heterocycles. The van der Waals surface area contributed by atoms with E-state index in [0.29, 0.717) is 13.0 Å². The molecule has 0 unspecified atom stereocenters. The molecule has 0 atom stereocenters. The summed E-state index contributed by atoms with van der Waals surface area (Å²) in [5, 5.41) is 17.5. The van der Waals surface area contributed by atoms with Crippen molar-refractivity contribution in [3.05, 3.63) is 29.8 Å². The van der Waals surface area contributed by atoms with E-state index in [1.165, 1.54) is 0 Å². The van der Waals surface area contributed by atoms with E-state index in [-0.39, 0.29) is 19.5 Å². The van der Waals surface area contributed by atoms with Gasteiger partial charge in [0.1, 0.15) is 5.75 Å². The Morgan fingerprint density at radius 3 is 2.25 bits per heavy atom. The average molecular weight is 281 g/mol. The Morgan fingerprint density at radius 1 is 1.10 bits per heavy atom. The van der Waals surface area contributed by atoms with Crippen LogP contribution >= 0.6 is 0 Å². The summed E-state index contributed by atoms with van der Waals surface area (Å²) in [5.41, 5.74) is 1.05. The molecule has 0 radical (unpaired) electrons. The highest BCUT2D eigenvalue weighted by atomic mass is 16.5. The maximum absolute atomic E-state index is 10.7. The van der Waals surface area contributed by atoms with Crippen LogP contribution in [0.3, 0.4) is 0 Å². The smallest absolute Gasteiger partial charge is 0.317 e. The second kappa shape index (κ2) is 8.16. The van der Waals surface area contributed by atoms with E-state index in [0.717, 1.165) is 11.3 Å². The van der Waals surface area contributed by atoms with Gasteiger partial charge >= 0.3 is 11.9 Å². The first-order valence-electron chi connectivity index (χ1n) is 6.30. The van der Waals surface area contributed by atoms with Gasteiger partial charge in [0.05, 0.1) is 20.1 Å². The summed E-state index contributed by atoms with van der Waals surface area (Å²) in [6.45, 7) is 0.590. The van der Waals surface area contributed by atoms with Crippen molar-refractivity contribution >= 4 is 11.9 Å². The summed E-state index contributed by atoms with van der Waals surface area (Å²) in [5.74, 6) is -1.11. The molecule has 1 aromatic carbocycles. The van der Waals surface area contributed by atoms with E-state index in [1.54, 1.807) is 12.0 Å². The lowest BCUT2D eigenvalue weighted by molar-refractivity contribution is -0.141. The predicted octanol–water partition coefficient (Wildman–Crippen LogP) is 1.10. The monoisotopic (exact) mass is 281 g/mol. The van der Waals surface area contributed by atoms with E-state index in [2.05, 4.69) is 0 Å². The third-order valence-electron chi connectivity index (χ3n) is 2.88. The van der Waals surface area contributed by atoms with E-state index >= 15 is 0 Å². The number of benzene rings is 1. The van der Waals surface area contributed by atoms with Crippen LogP contribution in [0.4, 0.5) is 0 Å². The molecule has 0 amide bonds. The number of nitrogens with zero attached hydrogens (tertiary/aromatic N) is 1. The lowest BCUT2D eigenvalue weighted by Gasteiger charge is -2.19. The molecule has 0 aromatic heterocycles. The highest BCUT2D eigenvalue weighted by Gasteiger charge is 2.11. The highest BCUT2D eigenvalue weighted by molar-refractivity contribution is 5.69. The molecule has 0 fully saturated rings. The van der Waals surface area contributed by atoms with Crippen LogP contribution in [0, 0.1) is 0 Å². The maximum atomic E-state index is 10.7. The fourth-order valence-corrected chi connectivity index (χ4v) is 1.79. The lowest BCUT2D eigenvalue weighted by atomic mass is 10.1. The number of carbonyl (C=O) groups is 2. The van der Waals surface area contributed by atoms with E-state index in [4.69, 9.17) is 14.9 Å². The number of aliphatic carboxylic acids is 2. The number of methoxy groups -OCH3 is 1. The van der Waals surface area contributed by atoms with Crippen molar-refractivity contribution < 1.29 is 24.5 Å². The van der Waals surface area contributed by atoms with Crippen molar-refractivity contribution in [2.24, 2.45) is 0 Å². The molecule has 0 saturated carbocycles. The minimum absolute atomic E-state index is 0.0596. The summed E-state index contributed by atoms with van der Waals surface area (Å²) in [6, 6.07) is 7.51. The summed E-state index contributed by atoms with van der Waals surface area (Å²) < 4.78 is 5.06. The van der Waals surface area contributed by atoms with Gasteiger partial charge in [-0.15, -0.1) is 0 Å². The summed E-state index contributed by atoms with van der Waals surface area (Å²) >= 11 is 0. The molecule has 1 aromatic rings. The Labute approximate surface area is 117 Å². The summed E-state index contributed by atoms with van der Waals surface area (Å²) in [4.78, 5) is 22.9. The van der Waals surface area contributed by atoms with Gasteiger partial charge in [0, 0.05) is 13.1 Å². The van der Waals surface area contributed by atoms with Gasteiger partial charge in [0.15, 0.2) is 0 Å². The molecule has 6 nitrogen and oxygen atoms in total. The molecule has 6 heteroatoms. The predicted molar refractivity (Wildman–Crippen MR) is 73.0 cm³/mol. The van der Waals surface area contributed by atoms with Gasteiger partial charge in [0.2, 0.25) is 0 Å². The van der Waals surface area contributed by atoms with Crippen molar-refractivity contribution in [2.75, 3.05) is 26.7 Å². The van der Waals surface area contributed by atoms with Gasteiger partial charge in [0.25, 0.3) is 0 Å². The summed E-state index contributed by atoms with van der Waals surface area (Å²) in [6.07, 6.45) is 0.604. The Morgan fingerprint density at radius 2 is 1.75 bits per heavy atom.